The van der Waals surface area contributed by atoms with E-state index in [9.17, 15) is 0 Å². The third-order valence-corrected chi connectivity index (χ3v) is 4.86. The molecule has 2 aromatic carbocycles. The quantitative estimate of drug-likeness (QED) is 0.344. The van der Waals surface area contributed by atoms with Gasteiger partial charge in [0.15, 0.2) is 0 Å². The molecule has 0 spiro atoms. The zero-order chi connectivity index (χ0) is 21.9. The molecule has 31 heavy (non-hydrogen) atoms. The molecule has 0 amide bonds. The summed E-state index contributed by atoms with van der Waals surface area (Å²) in [7, 11) is 2.02. The molecule has 0 aliphatic heterocycles. The van der Waals surface area contributed by atoms with Gasteiger partial charge < -0.3 is 9.47 Å². The van der Waals surface area contributed by atoms with E-state index >= 15 is 0 Å². The number of hydrogen-bond donors (Lipinski definition) is 0. The van der Waals surface area contributed by atoms with Gasteiger partial charge in [-0.3, -0.25) is 0 Å². The molecule has 1 aromatic heterocycles. The molecule has 0 N–H and O–H groups in total. The third-order valence-electron chi connectivity index (χ3n) is 4.86. The molecule has 3 rings (SSSR count). The number of nitrogens with zero attached hydrogens (tertiary/aromatic N) is 1. The normalized spacial score (nSPS) is 10.0. The summed E-state index contributed by atoms with van der Waals surface area (Å²) < 4.78 is 13.6. The average molecular weight is 411 g/mol. The lowest BCUT2D eigenvalue weighted by atomic mass is 10.2. The van der Waals surface area contributed by atoms with Crippen molar-refractivity contribution < 1.29 is 14.0 Å². The monoisotopic (exact) mass is 410 g/mol. The van der Waals surface area contributed by atoms with Gasteiger partial charge in [0, 0.05) is 23.3 Å². The highest BCUT2D eigenvalue weighted by molar-refractivity contribution is 5.36. The van der Waals surface area contributed by atoms with Crippen LogP contribution in [0, 0.1) is 37.5 Å². The van der Waals surface area contributed by atoms with Crippen molar-refractivity contribution in [1.29, 1.82) is 0 Å². The van der Waals surface area contributed by atoms with E-state index < -0.39 is 0 Å². The molecule has 0 aliphatic rings. The molecule has 0 radical (unpaired) electrons. The molecule has 3 aromatic rings. The molecule has 1 heterocycles. The van der Waals surface area contributed by atoms with Gasteiger partial charge in [-0.05, 0) is 44.2 Å². The van der Waals surface area contributed by atoms with Crippen LogP contribution in [0.15, 0.2) is 66.7 Å². The number of pyridine rings is 1. The first-order chi connectivity index (χ1) is 15.1. The van der Waals surface area contributed by atoms with Gasteiger partial charge in [-0.25, -0.2) is 0 Å². The Balaban J connectivity index is 1.45. The average Bonchev–Trinajstić information content (AvgIpc) is 2.78. The minimum atomic E-state index is 0.392. The van der Waals surface area contributed by atoms with E-state index in [0.29, 0.717) is 26.4 Å². The second-order valence-corrected chi connectivity index (χ2v) is 7.39. The minimum absolute atomic E-state index is 0.392. The second kappa shape index (κ2) is 11.7. The standard InChI is InChI=1S/C28H28NO2/c1-23-11-15-25(16-12-23)7-5-19-30-21-27-9-4-10-28(29(27)3)22-31-20-6-8-26-17-13-24(2)14-18-26/h4,9-18H,19-22H2,1-3H3/q+1. The molecule has 0 saturated carbocycles. The van der Waals surface area contributed by atoms with Crippen molar-refractivity contribution in [1.82, 2.24) is 0 Å². The molecule has 0 aliphatic carbocycles. The molecule has 0 unspecified atom stereocenters. The minimum Gasteiger partial charge on any atom is -0.358 e. The summed E-state index contributed by atoms with van der Waals surface area (Å²) >= 11 is 0. The Morgan fingerprint density at radius 1 is 0.645 bits per heavy atom. The predicted octanol–water partition coefficient (Wildman–Crippen LogP) is 4.26. The Labute approximate surface area is 185 Å². The number of rotatable bonds is 6. The highest BCUT2D eigenvalue weighted by Crippen LogP contribution is 2.03. The van der Waals surface area contributed by atoms with Crippen molar-refractivity contribution in [3.05, 3.63) is 100 Å². The van der Waals surface area contributed by atoms with Crippen molar-refractivity contribution in [3.63, 3.8) is 0 Å². The van der Waals surface area contributed by atoms with Crippen molar-refractivity contribution >= 4 is 0 Å². The molecular weight excluding hydrogens is 382 g/mol. The molecule has 0 fully saturated rings. The molecule has 3 nitrogen and oxygen atoms in total. The Kier molecular flexibility index (Phi) is 8.44. The second-order valence-electron chi connectivity index (χ2n) is 7.39. The molecule has 0 atom stereocenters. The van der Waals surface area contributed by atoms with E-state index in [2.05, 4.69) is 66.4 Å². The van der Waals surface area contributed by atoms with Crippen LogP contribution in [0.2, 0.25) is 0 Å². The van der Waals surface area contributed by atoms with E-state index in [1.807, 2.05) is 49.5 Å². The van der Waals surface area contributed by atoms with Gasteiger partial charge in [-0.2, -0.15) is 4.57 Å². The molecule has 3 heteroatoms. The van der Waals surface area contributed by atoms with Gasteiger partial charge in [-0.1, -0.05) is 59.1 Å². The zero-order valence-electron chi connectivity index (χ0n) is 18.4. The van der Waals surface area contributed by atoms with Gasteiger partial charge >= 0.3 is 0 Å². The summed E-state index contributed by atoms with van der Waals surface area (Å²) in [5.74, 6) is 12.4. The lowest BCUT2D eigenvalue weighted by Gasteiger charge is -2.05. The van der Waals surface area contributed by atoms with E-state index in [0.717, 1.165) is 22.5 Å². The van der Waals surface area contributed by atoms with Crippen LogP contribution in [0.25, 0.3) is 0 Å². The zero-order valence-corrected chi connectivity index (χ0v) is 18.4. The summed E-state index contributed by atoms with van der Waals surface area (Å²) in [6.45, 7) is 5.92. The summed E-state index contributed by atoms with van der Waals surface area (Å²) in [5, 5.41) is 0. The van der Waals surface area contributed by atoms with Gasteiger partial charge in [0.2, 0.25) is 11.4 Å². The lowest BCUT2D eigenvalue weighted by molar-refractivity contribution is -0.690. The van der Waals surface area contributed by atoms with Crippen molar-refractivity contribution in [2.75, 3.05) is 13.2 Å². The Hall–Kier alpha value is -3.37. The number of hydrogen-bond acceptors (Lipinski definition) is 2. The van der Waals surface area contributed by atoms with Crippen molar-refractivity contribution in [3.8, 4) is 23.7 Å². The van der Waals surface area contributed by atoms with Crippen LogP contribution in [-0.4, -0.2) is 13.2 Å². The van der Waals surface area contributed by atoms with Crippen LogP contribution >= 0.6 is 0 Å². The van der Waals surface area contributed by atoms with Crippen LogP contribution in [0.1, 0.15) is 33.6 Å². The fourth-order valence-corrected chi connectivity index (χ4v) is 2.93. The topological polar surface area (TPSA) is 22.3 Å². The Bertz CT molecular complexity index is 1020. The first kappa shape index (κ1) is 22.3. The number of benzene rings is 2. The molecule has 0 bridgehead atoms. The van der Waals surface area contributed by atoms with Crippen LogP contribution < -0.4 is 4.57 Å². The number of ether oxygens (including phenoxy) is 2. The van der Waals surface area contributed by atoms with Crippen LogP contribution in [0.3, 0.4) is 0 Å². The molecule has 0 saturated heterocycles. The first-order valence-electron chi connectivity index (χ1n) is 10.4. The highest BCUT2D eigenvalue weighted by Gasteiger charge is 2.12. The van der Waals surface area contributed by atoms with Crippen molar-refractivity contribution in [2.45, 2.75) is 27.1 Å². The lowest BCUT2D eigenvalue weighted by Crippen LogP contribution is -2.39. The fourth-order valence-electron chi connectivity index (χ4n) is 2.93. The maximum absolute atomic E-state index is 5.74. The fraction of sp³-hybridized carbons (Fsp3) is 0.250. The highest BCUT2D eigenvalue weighted by atomic mass is 16.5. The Morgan fingerprint density at radius 2 is 1.06 bits per heavy atom. The third kappa shape index (κ3) is 7.43. The summed E-state index contributed by atoms with van der Waals surface area (Å²) in [6.07, 6.45) is 0. The smallest absolute Gasteiger partial charge is 0.207 e. The van der Waals surface area contributed by atoms with E-state index in [-0.39, 0.29) is 0 Å². The van der Waals surface area contributed by atoms with Gasteiger partial charge in [0.05, 0.1) is 0 Å². The maximum Gasteiger partial charge on any atom is 0.207 e. The summed E-state index contributed by atoms with van der Waals surface area (Å²) in [4.78, 5) is 0. The van der Waals surface area contributed by atoms with Crippen molar-refractivity contribution in [2.24, 2.45) is 7.05 Å². The van der Waals surface area contributed by atoms with Gasteiger partial charge in [0.25, 0.3) is 0 Å². The van der Waals surface area contributed by atoms with Crippen LogP contribution in [0.5, 0.6) is 0 Å². The maximum atomic E-state index is 5.74. The summed E-state index contributed by atoms with van der Waals surface area (Å²) in [5.41, 5.74) is 6.62. The Morgan fingerprint density at radius 3 is 1.48 bits per heavy atom. The number of aryl methyl sites for hydroxylation is 2. The van der Waals surface area contributed by atoms with Crippen LogP contribution in [0.4, 0.5) is 0 Å². The predicted molar refractivity (Wildman–Crippen MR) is 123 cm³/mol. The van der Waals surface area contributed by atoms with E-state index in [1.165, 1.54) is 11.1 Å². The van der Waals surface area contributed by atoms with E-state index in [1.54, 1.807) is 0 Å². The van der Waals surface area contributed by atoms with Crippen LogP contribution in [-0.2, 0) is 29.7 Å². The SMILES string of the molecule is Cc1ccc(C#CCOCc2cccc(COCC#Cc3ccc(C)cc3)[n+]2C)cc1. The van der Waals surface area contributed by atoms with Gasteiger partial charge in [0.1, 0.15) is 33.5 Å². The number of aromatic nitrogens is 1. The van der Waals surface area contributed by atoms with E-state index in [4.69, 9.17) is 9.47 Å². The first-order valence-corrected chi connectivity index (χ1v) is 10.4. The summed E-state index contributed by atoms with van der Waals surface area (Å²) in [6, 6.07) is 22.5. The molecular formula is C28H28NO2+. The largest absolute Gasteiger partial charge is 0.358 e. The molecule has 156 valence electrons. The van der Waals surface area contributed by atoms with Gasteiger partial charge in [-0.15, -0.1) is 0 Å².